The lowest BCUT2D eigenvalue weighted by Crippen LogP contribution is -2.27. The topological polar surface area (TPSA) is 67.2 Å². The van der Waals surface area contributed by atoms with Gasteiger partial charge in [-0.05, 0) is 45.4 Å². The van der Waals surface area contributed by atoms with Crippen LogP contribution in [0.1, 0.15) is 26.3 Å². The second-order valence-electron chi connectivity index (χ2n) is 5.16. The van der Waals surface area contributed by atoms with Gasteiger partial charge in [0.2, 0.25) is 5.91 Å². The van der Waals surface area contributed by atoms with Gasteiger partial charge in [0.05, 0.1) is 6.54 Å². The number of carbonyl (C=O) groups is 1. The minimum absolute atomic E-state index is 0.00406. The average molecular weight is 235 g/mol. The molecule has 0 saturated heterocycles. The lowest BCUT2D eigenvalue weighted by molar-refractivity contribution is -0.114. The summed E-state index contributed by atoms with van der Waals surface area (Å²) in [4.78, 5) is 11.2. The van der Waals surface area contributed by atoms with E-state index in [1.54, 1.807) is 0 Å². The van der Waals surface area contributed by atoms with Crippen molar-refractivity contribution in [1.29, 1.82) is 0 Å². The lowest BCUT2D eigenvalue weighted by atomic mass is 10.1. The first kappa shape index (κ1) is 13.5. The summed E-state index contributed by atoms with van der Waals surface area (Å²) in [5.41, 5.74) is 8.18. The van der Waals surface area contributed by atoms with E-state index in [0.717, 1.165) is 16.9 Å². The first-order chi connectivity index (χ1) is 7.81. The van der Waals surface area contributed by atoms with Crippen LogP contribution in [0.3, 0.4) is 0 Å². The van der Waals surface area contributed by atoms with Gasteiger partial charge in [-0.1, -0.05) is 6.07 Å². The summed E-state index contributed by atoms with van der Waals surface area (Å²) in [6.45, 7) is 8.31. The quantitative estimate of drug-likeness (QED) is 0.751. The second kappa shape index (κ2) is 5.19. The van der Waals surface area contributed by atoms with Gasteiger partial charge in [0.15, 0.2) is 0 Å². The first-order valence-corrected chi connectivity index (χ1v) is 5.70. The average Bonchev–Trinajstić information content (AvgIpc) is 2.21. The Morgan fingerprint density at radius 1 is 1.35 bits per heavy atom. The zero-order valence-electron chi connectivity index (χ0n) is 10.9. The van der Waals surface area contributed by atoms with Gasteiger partial charge in [0.25, 0.3) is 0 Å². The molecule has 0 fully saturated rings. The molecular formula is C13H21N3O. The minimum atomic E-state index is -0.185. The van der Waals surface area contributed by atoms with Crippen molar-refractivity contribution >= 4 is 17.3 Å². The van der Waals surface area contributed by atoms with Crippen LogP contribution < -0.4 is 16.4 Å². The van der Waals surface area contributed by atoms with Gasteiger partial charge in [-0.3, -0.25) is 4.79 Å². The van der Waals surface area contributed by atoms with Crippen LogP contribution in [0, 0.1) is 6.92 Å². The minimum Gasteiger partial charge on any atom is -0.380 e. The van der Waals surface area contributed by atoms with Gasteiger partial charge < -0.3 is 16.4 Å². The third-order valence-corrected chi connectivity index (χ3v) is 2.22. The fourth-order valence-corrected chi connectivity index (χ4v) is 1.45. The third-order valence-electron chi connectivity index (χ3n) is 2.22. The molecule has 0 unspecified atom stereocenters. The van der Waals surface area contributed by atoms with Gasteiger partial charge >= 0.3 is 0 Å². The summed E-state index contributed by atoms with van der Waals surface area (Å²) in [6.07, 6.45) is 0. The highest BCUT2D eigenvalue weighted by Gasteiger charge is 2.11. The number of hydrogen-bond donors (Lipinski definition) is 3. The summed E-state index contributed by atoms with van der Waals surface area (Å²) >= 11 is 0. The van der Waals surface area contributed by atoms with E-state index in [-0.39, 0.29) is 18.0 Å². The molecule has 1 amide bonds. The Morgan fingerprint density at radius 3 is 2.53 bits per heavy atom. The molecule has 1 aromatic carbocycles. The molecule has 4 nitrogen and oxygen atoms in total. The van der Waals surface area contributed by atoms with E-state index in [4.69, 9.17) is 5.73 Å². The molecule has 0 aliphatic carbocycles. The van der Waals surface area contributed by atoms with Crippen LogP contribution in [0.5, 0.6) is 0 Å². The molecule has 0 saturated carbocycles. The molecule has 0 aliphatic heterocycles. The van der Waals surface area contributed by atoms with E-state index in [0.29, 0.717) is 0 Å². The predicted octanol–water partition coefficient (Wildman–Crippen LogP) is 2.10. The number of anilines is 2. The normalized spacial score (nSPS) is 11.1. The number of rotatable bonds is 3. The number of nitrogens with two attached hydrogens (primary N) is 1. The molecule has 0 spiro atoms. The van der Waals surface area contributed by atoms with Crippen LogP contribution in [-0.4, -0.2) is 18.0 Å². The number of amides is 1. The molecule has 0 bridgehead atoms. The fourth-order valence-electron chi connectivity index (χ4n) is 1.45. The van der Waals surface area contributed by atoms with Crippen molar-refractivity contribution in [2.45, 2.75) is 33.2 Å². The zero-order valence-corrected chi connectivity index (χ0v) is 10.9. The maximum absolute atomic E-state index is 11.2. The highest BCUT2D eigenvalue weighted by molar-refractivity contribution is 5.92. The van der Waals surface area contributed by atoms with Crippen LogP contribution >= 0.6 is 0 Å². The third kappa shape index (κ3) is 4.44. The van der Waals surface area contributed by atoms with Crippen molar-refractivity contribution in [2.75, 3.05) is 17.2 Å². The van der Waals surface area contributed by atoms with E-state index in [9.17, 15) is 4.79 Å². The van der Waals surface area contributed by atoms with Crippen molar-refractivity contribution in [2.24, 2.45) is 5.73 Å². The molecule has 0 aromatic heterocycles. The van der Waals surface area contributed by atoms with Gasteiger partial charge in [0, 0.05) is 16.9 Å². The molecule has 0 aliphatic rings. The Kier molecular flexibility index (Phi) is 4.12. The summed E-state index contributed by atoms with van der Waals surface area (Å²) in [6, 6.07) is 5.77. The van der Waals surface area contributed by atoms with E-state index in [1.165, 1.54) is 0 Å². The second-order valence-corrected chi connectivity index (χ2v) is 5.16. The zero-order chi connectivity index (χ0) is 13.1. The number of hydrogen-bond acceptors (Lipinski definition) is 3. The molecule has 1 rings (SSSR count). The SMILES string of the molecule is Cc1ccc(NC(=O)CN)cc1NC(C)(C)C. The van der Waals surface area contributed by atoms with E-state index < -0.39 is 0 Å². The Morgan fingerprint density at radius 2 is 2.00 bits per heavy atom. The fraction of sp³-hybridized carbons (Fsp3) is 0.462. The standard InChI is InChI=1S/C13H21N3O/c1-9-5-6-10(15-12(17)8-14)7-11(9)16-13(2,3)4/h5-7,16H,8,14H2,1-4H3,(H,15,17). The van der Waals surface area contributed by atoms with Crippen LogP contribution in [0.2, 0.25) is 0 Å². The summed E-state index contributed by atoms with van der Waals surface area (Å²) in [5.74, 6) is -0.185. The number of aryl methyl sites for hydroxylation is 1. The van der Waals surface area contributed by atoms with Crippen molar-refractivity contribution in [3.63, 3.8) is 0 Å². The van der Waals surface area contributed by atoms with E-state index in [2.05, 4.69) is 31.4 Å². The number of carbonyl (C=O) groups excluding carboxylic acids is 1. The molecule has 0 radical (unpaired) electrons. The Balaban J connectivity index is 2.90. The van der Waals surface area contributed by atoms with Gasteiger partial charge in [0.1, 0.15) is 0 Å². The predicted molar refractivity (Wildman–Crippen MR) is 72.2 cm³/mol. The molecule has 1 aromatic rings. The largest absolute Gasteiger partial charge is 0.380 e. The number of benzene rings is 1. The van der Waals surface area contributed by atoms with Crippen LogP contribution in [0.15, 0.2) is 18.2 Å². The van der Waals surface area contributed by atoms with Gasteiger partial charge in [-0.25, -0.2) is 0 Å². The first-order valence-electron chi connectivity index (χ1n) is 5.70. The van der Waals surface area contributed by atoms with E-state index >= 15 is 0 Å². The molecule has 94 valence electrons. The van der Waals surface area contributed by atoms with Gasteiger partial charge in [-0.2, -0.15) is 0 Å². The van der Waals surface area contributed by atoms with Crippen molar-refractivity contribution < 1.29 is 4.79 Å². The Labute approximate surface area is 103 Å². The Hall–Kier alpha value is -1.55. The summed E-state index contributed by atoms with van der Waals surface area (Å²) in [7, 11) is 0. The molecule has 0 atom stereocenters. The van der Waals surface area contributed by atoms with Crippen LogP contribution in [0.25, 0.3) is 0 Å². The number of nitrogens with one attached hydrogen (secondary N) is 2. The van der Waals surface area contributed by atoms with Crippen molar-refractivity contribution in [1.82, 2.24) is 0 Å². The molecule has 4 heteroatoms. The highest BCUT2D eigenvalue weighted by Crippen LogP contribution is 2.23. The van der Waals surface area contributed by atoms with Crippen molar-refractivity contribution in [3.05, 3.63) is 23.8 Å². The molecular weight excluding hydrogens is 214 g/mol. The highest BCUT2D eigenvalue weighted by atomic mass is 16.1. The van der Waals surface area contributed by atoms with Crippen LogP contribution in [-0.2, 0) is 4.79 Å². The molecule has 0 heterocycles. The monoisotopic (exact) mass is 235 g/mol. The molecule has 4 N–H and O–H groups in total. The lowest BCUT2D eigenvalue weighted by Gasteiger charge is -2.24. The van der Waals surface area contributed by atoms with Crippen molar-refractivity contribution in [3.8, 4) is 0 Å². The summed E-state index contributed by atoms with van der Waals surface area (Å²) in [5, 5.41) is 6.14. The van der Waals surface area contributed by atoms with E-state index in [1.807, 2.05) is 25.1 Å². The van der Waals surface area contributed by atoms with Crippen LogP contribution in [0.4, 0.5) is 11.4 Å². The maximum atomic E-state index is 11.2. The molecule has 17 heavy (non-hydrogen) atoms. The summed E-state index contributed by atoms with van der Waals surface area (Å²) < 4.78 is 0. The van der Waals surface area contributed by atoms with Gasteiger partial charge in [-0.15, -0.1) is 0 Å². The Bertz CT molecular complexity index is 408. The maximum Gasteiger partial charge on any atom is 0.238 e. The smallest absolute Gasteiger partial charge is 0.238 e.